The van der Waals surface area contributed by atoms with Crippen LogP contribution in [-0.4, -0.2) is 33.0 Å². The molecule has 0 spiro atoms. The van der Waals surface area contributed by atoms with E-state index >= 15 is 0 Å². The lowest BCUT2D eigenvalue weighted by molar-refractivity contribution is 0.0508. The predicted molar refractivity (Wildman–Crippen MR) is 74.0 cm³/mol. The van der Waals surface area contributed by atoms with Gasteiger partial charge in [0.2, 0.25) is 5.82 Å². The van der Waals surface area contributed by atoms with E-state index in [0.29, 0.717) is 5.69 Å². The summed E-state index contributed by atoms with van der Waals surface area (Å²) >= 11 is 1.39. The number of nitrogens with one attached hydrogen (secondary N) is 1. The minimum Gasteiger partial charge on any atom is -0.460 e. The molecule has 2 aromatic heterocycles. The Morgan fingerprint density at radius 1 is 1.45 bits per heavy atom. The molecule has 0 fully saturated rings. The van der Waals surface area contributed by atoms with E-state index in [1.807, 2.05) is 6.92 Å². The Morgan fingerprint density at radius 2 is 2.20 bits per heavy atom. The van der Waals surface area contributed by atoms with Crippen molar-refractivity contribution >= 4 is 29.0 Å². The molecule has 106 valence electrons. The fraction of sp³-hybridized carbons (Fsp3) is 0.333. The molecule has 8 heteroatoms. The van der Waals surface area contributed by atoms with Gasteiger partial charge >= 0.3 is 5.97 Å². The number of carbonyl (C=O) groups excluding carboxylic acids is 2. The van der Waals surface area contributed by atoms with Crippen LogP contribution < -0.4 is 5.32 Å². The number of hydrogen-bond acceptors (Lipinski definition) is 6. The summed E-state index contributed by atoms with van der Waals surface area (Å²) in [5.41, 5.74) is 0.329. The van der Waals surface area contributed by atoms with E-state index in [1.54, 1.807) is 25.5 Å². The Hall–Kier alpha value is -2.22. The average molecular weight is 294 g/mol. The van der Waals surface area contributed by atoms with Crippen molar-refractivity contribution in [2.24, 2.45) is 7.05 Å². The monoisotopic (exact) mass is 294 g/mol. The van der Waals surface area contributed by atoms with Gasteiger partial charge in [-0.15, -0.1) is 11.3 Å². The van der Waals surface area contributed by atoms with Crippen molar-refractivity contribution in [3.8, 4) is 0 Å². The summed E-state index contributed by atoms with van der Waals surface area (Å²) in [6.45, 7) is 3.81. The van der Waals surface area contributed by atoms with Crippen LogP contribution in [0.3, 0.4) is 0 Å². The number of hydrogen-bond donors (Lipinski definition) is 1. The van der Waals surface area contributed by atoms with E-state index in [-0.39, 0.29) is 24.2 Å². The number of aromatic nitrogens is 3. The van der Waals surface area contributed by atoms with Gasteiger partial charge in [0.05, 0.1) is 11.6 Å². The largest absolute Gasteiger partial charge is 0.460 e. The van der Waals surface area contributed by atoms with E-state index < -0.39 is 5.97 Å². The van der Waals surface area contributed by atoms with Crippen molar-refractivity contribution in [2.75, 3.05) is 11.9 Å². The highest BCUT2D eigenvalue weighted by atomic mass is 32.1. The molecule has 0 aromatic carbocycles. The van der Waals surface area contributed by atoms with Gasteiger partial charge in [0, 0.05) is 18.6 Å². The van der Waals surface area contributed by atoms with Crippen molar-refractivity contribution in [1.29, 1.82) is 0 Å². The number of carbonyl (C=O) groups is 2. The molecule has 0 atom stereocenters. The number of rotatable bonds is 4. The second kappa shape index (κ2) is 5.83. The molecule has 2 rings (SSSR count). The van der Waals surface area contributed by atoms with Crippen molar-refractivity contribution in [2.45, 2.75) is 13.8 Å². The molecule has 0 aliphatic carbocycles. The summed E-state index contributed by atoms with van der Waals surface area (Å²) in [5.74, 6) is -0.467. The van der Waals surface area contributed by atoms with Crippen LogP contribution in [-0.2, 0) is 11.8 Å². The minimum absolute atomic E-state index is 0.136. The molecule has 1 N–H and O–H groups in total. The SMILES string of the molecule is CCOC(=O)c1nc(NC(=O)c2csc(C)n2)cn1C. The van der Waals surface area contributed by atoms with Crippen LogP contribution >= 0.6 is 11.3 Å². The Kier molecular flexibility index (Phi) is 4.14. The Bertz CT molecular complexity index is 647. The highest BCUT2D eigenvalue weighted by Crippen LogP contribution is 2.12. The fourth-order valence-electron chi connectivity index (χ4n) is 1.56. The van der Waals surface area contributed by atoms with Crippen molar-refractivity contribution < 1.29 is 14.3 Å². The first-order valence-electron chi connectivity index (χ1n) is 5.95. The van der Waals surface area contributed by atoms with Crippen molar-refractivity contribution in [1.82, 2.24) is 14.5 Å². The highest BCUT2D eigenvalue weighted by molar-refractivity contribution is 7.09. The Labute approximate surface area is 119 Å². The van der Waals surface area contributed by atoms with E-state index in [1.165, 1.54) is 15.9 Å². The zero-order valence-electron chi connectivity index (χ0n) is 11.3. The van der Waals surface area contributed by atoms with E-state index in [9.17, 15) is 9.59 Å². The number of thiazole rings is 1. The average Bonchev–Trinajstić information content (AvgIpc) is 2.96. The summed E-state index contributed by atoms with van der Waals surface area (Å²) in [6, 6.07) is 0. The molecule has 2 heterocycles. The smallest absolute Gasteiger partial charge is 0.374 e. The van der Waals surface area contributed by atoms with E-state index in [0.717, 1.165) is 5.01 Å². The molecular weight excluding hydrogens is 280 g/mol. The lowest BCUT2D eigenvalue weighted by Crippen LogP contribution is -2.13. The Morgan fingerprint density at radius 3 is 2.80 bits per heavy atom. The predicted octanol–water partition coefficient (Wildman–Crippen LogP) is 1.61. The van der Waals surface area contributed by atoms with Crippen LogP contribution in [0.5, 0.6) is 0 Å². The summed E-state index contributed by atoms with van der Waals surface area (Å²) in [5, 5.41) is 5.07. The van der Waals surface area contributed by atoms with Crippen LogP contribution in [0, 0.1) is 6.92 Å². The summed E-state index contributed by atoms with van der Waals surface area (Å²) in [4.78, 5) is 31.6. The van der Waals surface area contributed by atoms with Crippen LogP contribution in [0.4, 0.5) is 5.82 Å². The van der Waals surface area contributed by atoms with Crippen molar-refractivity contribution in [3.63, 3.8) is 0 Å². The molecule has 0 saturated carbocycles. The quantitative estimate of drug-likeness (QED) is 0.866. The van der Waals surface area contributed by atoms with Crippen LogP contribution in [0.25, 0.3) is 0 Å². The van der Waals surface area contributed by atoms with Crippen molar-refractivity contribution in [3.05, 3.63) is 28.1 Å². The third-order valence-electron chi connectivity index (χ3n) is 2.43. The number of esters is 1. The number of imidazole rings is 1. The van der Waals surface area contributed by atoms with Gasteiger partial charge in [-0.3, -0.25) is 4.79 Å². The molecule has 20 heavy (non-hydrogen) atoms. The Balaban J connectivity index is 2.12. The molecular formula is C12H14N4O3S. The van der Waals surface area contributed by atoms with E-state index in [2.05, 4.69) is 15.3 Å². The number of aryl methyl sites for hydroxylation is 2. The lowest BCUT2D eigenvalue weighted by Gasteiger charge is -1.99. The fourth-order valence-corrected chi connectivity index (χ4v) is 2.15. The lowest BCUT2D eigenvalue weighted by atomic mass is 10.4. The number of amides is 1. The van der Waals surface area contributed by atoms with Gasteiger partial charge in [0.25, 0.3) is 5.91 Å². The first-order chi connectivity index (χ1) is 9.51. The minimum atomic E-state index is -0.528. The second-order valence-electron chi connectivity index (χ2n) is 3.99. The summed E-state index contributed by atoms with van der Waals surface area (Å²) in [6.07, 6.45) is 1.55. The van der Waals surface area contributed by atoms with Gasteiger partial charge in [-0.1, -0.05) is 0 Å². The highest BCUT2D eigenvalue weighted by Gasteiger charge is 2.17. The maximum atomic E-state index is 11.9. The summed E-state index contributed by atoms with van der Waals surface area (Å²) < 4.78 is 6.37. The van der Waals surface area contributed by atoms with E-state index in [4.69, 9.17) is 4.74 Å². The van der Waals surface area contributed by atoms with Crippen LogP contribution in [0.2, 0.25) is 0 Å². The first-order valence-corrected chi connectivity index (χ1v) is 6.83. The maximum Gasteiger partial charge on any atom is 0.374 e. The third kappa shape index (κ3) is 3.02. The number of anilines is 1. The maximum absolute atomic E-state index is 11.9. The molecule has 2 aromatic rings. The molecule has 1 amide bonds. The first kappa shape index (κ1) is 14.2. The number of nitrogens with zero attached hydrogens (tertiary/aromatic N) is 3. The molecule has 7 nitrogen and oxygen atoms in total. The molecule has 0 bridgehead atoms. The normalized spacial score (nSPS) is 10.3. The van der Waals surface area contributed by atoms with Gasteiger partial charge in [-0.2, -0.15) is 0 Å². The molecule has 0 radical (unpaired) electrons. The molecule has 0 saturated heterocycles. The number of ether oxygens (including phenoxy) is 1. The summed E-state index contributed by atoms with van der Waals surface area (Å²) in [7, 11) is 1.65. The molecule has 0 aliphatic rings. The van der Waals surface area contributed by atoms with Crippen LogP contribution in [0.15, 0.2) is 11.6 Å². The van der Waals surface area contributed by atoms with Gasteiger partial charge in [-0.25, -0.2) is 14.8 Å². The van der Waals surface area contributed by atoms with Gasteiger partial charge in [0.1, 0.15) is 5.69 Å². The standard InChI is InChI=1S/C12H14N4O3S/c1-4-19-12(18)10-14-9(5-16(10)3)15-11(17)8-6-20-7(2)13-8/h5-6H,4H2,1-3H3,(H,15,17). The molecule has 0 aliphatic heterocycles. The zero-order chi connectivity index (χ0) is 14.7. The third-order valence-corrected chi connectivity index (χ3v) is 3.20. The van der Waals surface area contributed by atoms with Gasteiger partial charge in [-0.05, 0) is 13.8 Å². The zero-order valence-corrected chi connectivity index (χ0v) is 12.2. The van der Waals surface area contributed by atoms with Gasteiger partial charge in [0.15, 0.2) is 5.82 Å². The van der Waals surface area contributed by atoms with Gasteiger partial charge < -0.3 is 14.6 Å². The second-order valence-corrected chi connectivity index (χ2v) is 5.05. The van der Waals surface area contributed by atoms with Crippen LogP contribution in [0.1, 0.15) is 33.0 Å². The topological polar surface area (TPSA) is 86.1 Å². The molecule has 0 unspecified atom stereocenters.